The van der Waals surface area contributed by atoms with E-state index < -0.39 is 0 Å². The van der Waals surface area contributed by atoms with E-state index in [1.54, 1.807) is 0 Å². The van der Waals surface area contributed by atoms with Gasteiger partial charge in [0.1, 0.15) is 12.4 Å². The number of ether oxygens (including phenoxy) is 2. The van der Waals surface area contributed by atoms with E-state index in [0.717, 1.165) is 54.9 Å². The highest BCUT2D eigenvalue weighted by Crippen LogP contribution is 2.28. The van der Waals surface area contributed by atoms with Gasteiger partial charge in [-0.1, -0.05) is 15.9 Å². The molecule has 4 heteroatoms. The van der Waals surface area contributed by atoms with E-state index in [0.29, 0.717) is 6.61 Å². The van der Waals surface area contributed by atoms with Crippen LogP contribution in [0.2, 0.25) is 0 Å². The van der Waals surface area contributed by atoms with Crippen LogP contribution in [0.25, 0.3) is 6.08 Å². The minimum Gasteiger partial charge on any atom is -0.489 e. The number of nitrogens with one attached hydrogen (secondary N) is 1. The van der Waals surface area contributed by atoms with Gasteiger partial charge in [0.05, 0.1) is 0 Å². The molecule has 1 aromatic carbocycles. The Kier molecular flexibility index (Phi) is 6.57. The number of fused-ring (bicyclic) bond motifs is 1. The van der Waals surface area contributed by atoms with Crippen molar-refractivity contribution in [2.75, 3.05) is 32.9 Å². The zero-order chi connectivity index (χ0) is 14.2. The first kappa shape index (κ1) is 15.5. The summed E-state index contributed by atoms with van der Waals surface area (Å²) >= 11 is 3.49. The first-order chi connectivity index (χ1) is 9.79. The molecule has 0 radical (unpaired) electrons. The highest BCUT2D eigenvalue weighted by atomic mass is 79.9. The molecule has 0 aromatic heterocycles. The highest BCUT2D eigenvalue weighted by Gasteiger charge is 2.11. The van der Waals surface area contributed by atoms with Crippen LogP contribution < -0.4 is 10.1 Å². The van der Waals surface area contributed by atoms with Crippen LogP contribution in [0.5, 0.6) is 5.75 Å². The molecule has 0 saturated carbocycles. The first-order valence-corrected chi connectivity index (χ1v) is 7.99. The van der Waals surface area contributed by atoms with E-state index in [9.17, 15) is 0 Å². The van der Waals surface area contributed by atoms with Crippen LogP contribution in [0.3, 0.4) is 0 Å². The lowest BCUT2D eigenvalue weighted by atomic mass is 10.1. The van der Waals surface area contributed by atoms with E-state index in [2.05, 4.69) is 33.4 Å². The van der Waals surface area contributed by atoms with Gasteiger partial charge in [-0.3, -0.25) is 0 Å². The number of benzene rings is 1. The summed E-state index contributed by atoms with van der Waals surface area (Å²) in [5, 5.41) is 3.46. The molecule has 1 aliphatic heterocycles. The standard InChI is InChI=1S/C16H22BrNO2/c1-2-19-8-4-3-7-18-11-13-9-14-10-15(17)5-6-16(14)20-12-13/h5-6,9-10,18H,2-4,7-8,11-12H2,1H3. The second-order valence-electron chi connectivity index (χ2n) is 4.85. The lowest BCUT2D eigenvalue weighted by Gasteiger charge is -2.18. The van der Waals surface area contributed by atoms with Gasteiger partial charge in [-0.2, -0.15) is 0 Å². The van der Waals surface area contributed by atoms with Crippen LogP contribution in [0, 0.1) is 0 Å². The monoisotopic (exact) mass is 339 g/mol. The Morgan fingerprint density at radius 3 is 3.10 bits per heavy atom. The molecule has 1 N–H and O–H groups in total. The highest BCUT2D eigenvalue weighted by molar-refractivity contribution is 9.10. The van der Waals surface area contributed by atoms with Crippen molar-refractivity contribution in [2.45, 2.75) is 19.8 Å². The van der Waals surface area contributed by atoms with E-state index >= 15 is 0 Å². The normalized spacial score (nSPS) is 13.6. The molecule has 20 heavy (non-hydrogen) atoms. The molecule has 0 atom stereocenters. The van der Waals surface area contributed by atoms with Crippen molar-refractivity contribution in [2.24, 2.45) is 0 Å². The Balaban J connectivity index is 1.72. The molecule has 1 aliphatic rings. The number of hydrogen-bond acceptors (Lipinski definition) is 3. The fraction of sp³-hybridized carbons (Fsp3) is 0.500. The lowest BCUT2D eigenvalue weighted by molar-refractivity contribution is 0.143. The van der Waals surface area contributed by atoms with Gasteiger partial charge in [0.2, 0.25) is 0 Å². The summed E-state index contributed by atoms with van der Waals surface area (Å²) in [6.45, 7) is 6.30. The zero-order valence-electron chi connectivity index (χ0n) is 12.0. The lowest BCUT2D eigenvalue weighted by Crippen LogP contribution is -2.22. The Bertz CT molecular complexity index is 460. The van der Waals surface area contributed by atoms with Crippen LogP contribution in [-0.2, 0) is 4.74 Å². The predicted octanol–water partition coefficient (Wildman–Crippen LogP) is 3.63. The van der Waals surface area contributed by atoms with Crippen LogP contribution in [-0.4, -0.2) is 32.9 Å². The summed E-state index contributed by atoms with van der Waals surface area (Å²) < 4.78 is 12.2. The summed E-state index contributed by atoms with van der Waals surface area (Å²) in [7, 11) is 0. The number of halogens is 1. The quantitative estimate of drug-likeness (QED) is 0.733. The van der Waals surface area contributed by atoms with E-state index in [4.69, 9.17) is 9.47 Å². The number of rotatable bonds is 8. The molecular formula is C16H22BrNO2. The maximum absolute atomic E-state index is 5.75. The third-order valence-corrected chi connectivity index (χ3v) is 3.69. The van der Waals surface area contributed by atoms with Gasteiger partial charge in [0.15, 0.2) is 0 Å². The molecule has 3 nitrogen and oxygen atoms in total. The van der Waals surface area contributed by atoms with Crippen molar-refractivity contribution < 1.29 is 9.47 Å². The fourth-order valence-electron chi connectivity index (χ4n) is 2.15. The molecule has 1 heterocycles. The number of hydrogen-bond donors (Lipinski definition) is 1. The maximum Gasteiger partial charge on any atom is 0.127 e. The van der Waals surface area contributed by atoms with Crippen molar-refractivity contribution in [3.63, 3.8) is 0 Å². The summed E-state index contributed by atoms with van der Waals surface area (Å²) in [5.74, 6) is 0.966. The minimum absolute atomic E-state index is 0.681. The van der Waals surface area contributed by atoms with E-state index in [1.165, 1.54) is 5.57 Å². The van der Waals surface area contributed by atoms with Gasteiger partial charge in [-0.25, -0.2) is 0 Å². The van der Waals surface area contributed by atoms with Crippen molar-refractivity contribution in [3.8, 4) is 5.75 Å². The smallest absolute Gasteiger partial charge is 0.127 e. The van der Waals surface area contributed by atoms with Crippen molar-refractivity contribution >= 4 is 22.0 Å². The van der Waals surface area contributed by atoms with Crippen LogP contribution in [0.4, 0.5) is 0 Å². The predicted molar refractivity (Wildman–Crippen MR) is 86.2 cm³/mol. The Hall–Kier alpha value is -0.840. The third kappa shape index (κ3) is 4.93. The molecule has 0 amide bonds. The SMILES string of the molecule is CCOCCCCNCC1=Cc2cc(Br)ccc2OC1. The maximum atomic E-state index is 5.75. The second kappa shape index (κ2) is 8.45. The van der Waals surface area contributed by atoms with Gasteiger partial charge in [0.25, 0.3) is 0 Å². The van der Waals surface area contributed by atoms with Crippen LogP contribution >= 0.6 is 15.9 Å². The first-order valence-electron chi connectivity index (χ1n) is 7.20. The van der Waals surface area contributed by atoms with E-state index in [-0.39, 0.29) is 0 Å². The second-order valence-corrected chi connectivity index (χ2v) is 5.77. The van der Waals surface area contributed by atoms with Gasteiger partial charge in [-0.15, -0.1) is 0 Å². The Labute approximate surface area is 129 Å². The molecule has 0 fully saturated rings. The van der Waals surface area contributed by atoms with Crippen molar-refractivity contribution in [1.29, 1.82) is 0 Å². The van der Waals surface area contributed by atoms with Crippen molar-refractivity contribution in [1.82, 2.24) is 5.32 Å². The third-order valence-electron chi connectivity index (χ3n) is 3.19. The molecule has 0 aliphatic carbocycles. The average Bonchev–Trinajstić information content (AvgIpc) is 2.46. The van der Waals surface area contributed by atoms with Crippen LogP contribution in [0.15, 0.2) is 28.2 Å². The van der Waals surface area contributed by atoms with Gasteiger partial charge < -0.3 is 14.8 Å². The summed E-state index contributed by atoms with van der Waals surface area (Å²) in [6, 6.07) is 6.11. The van der Waals surface area contributed by atoms with E-state index in [1.807, 2.05) is 19.1 Å². The number of unbranched alkanes of at least 4 members (excludes halogenated alkanes) is 1. The van der Waals surface area contributed by atoms with Crippen molar-refractivity contribution in [3.05, 3.63) is 33.8 Å². The summed E-state index contributed by atoms with van der Waals surface area (Å²) in [5.41, 5.74) is 2.44. The molecule has 0 bridgehead atoms. The molecule has 1 aromatic rings. The summed E-state index contributed by atoms with van der Waals surface area (Å²) in [4.78, 5) is 0. The molecule has 2 rings (SSSR count). The van der Waals surface area contributed by atoms with Gasteiger partial charge in [0, 0.05) is 29.8 Å². The van der Waals surface area contributed by atoms with Gasteiger partial charge in [-0.05, 0) is 56.2 Å². The average molecular weight is 340 g/mol. The Morgan fingerprint density at radius 2 is 2.25 bits per heavy atom. The molecule has 0 saturated heterocycles. The molecule has 0 unspecified atom stereocenters. The zero-order valence-corrected chi connectivity index (χ0v) is 13.5. The topological polar surface area (TPSA) is 30.5 Å². The molecular weight excluding hydrogens is 318 g/mol. The molecule has 0 spiro atoms. The summed E-state index contributed by atoms with van der Waals surface area (Å²) in [6.07, 6.45) is 4.49. The van der Waals surface area contributed by atoms with Crippen LogP contribution in [0.1, 0.15) is 25.3 Å². The van der Waals surface area contributed by atoms with Gasteiger partial charge >= 0.3 is 0 Å². The Morgan fingerprint density at radius 1 is 1.35 bits per heavy atom. The largest absolute Gasteiger partial charge is 0.489 e. The minimum atomic E-state index is 0.681. The fourth-order valence-corrected chi connectivity index (χ4v) is 2.52. The molecule has 110 valence electrons.